The first-order valence-corrected chi connectivity index (χ1v) is 7.56. The van der Waals surface area contributed by atoms with Crippen LogP contribution in [-0.4, -0.2) is 13.1 Å². The van der Waals surface area contributed by atoms with Gasteiger partial charge in [0.15, 0.2) is 0 Å². The van der Waals surface area contributed by atoms with Crippen molar-refractivity contribution < 1.29 is 4.39 Å². The predicted octanol–water partition coefficient (Wildman–Crippen LogP) is 3.68. The van der Waals surface area contributed by atoms with Crippen LogP contribution in [0, 0.1) is 5.82 Å². The fraction of sp³-hybridized carbons (Fsp3) is 0.467. The van der Waals surface area contributed by atoms with E-state index in [1.54, 1.807) is 12.1 Å². The van der Waals surface area contributed by atoms with E-state index in [1.165, 1.54) is 30.9 Å². The second-order valence-electron chi connectivity index (χ2n) is 4.91. The first kappa shape index (κ1) is 14.7. The van der Waals surface area contributed by atoms with Crippen molar-refractivity contribution in [2.45, 2.75) is 31.7 Å². The summed E-state index contributed by atoms with van der Waals surface area (Å²) < 4.78 is 14.7. The molecule has 2 nitrogen and oxygen atoms in total. The third kappa shape index (κ3) is 4.13. The fourth-order valence-electron chi connectivity index (χ4n) is 2.47. The number of halogens is 2. The molecular formula is C15H20BrFN2. The summed E-state index contributed by atoms with van der Waals surface area (Å²) in [5.74, 6) is -0.203. The summed E-state index contributed by atoms with van der Waals surface area (Å²) in [6.07, 6.45) is 7.04. The van der Waals surface area contributed by atoms with Crippen LogP contribution in [0.1, 0.15) is 37.3 Å². The molecule has 0 spiro atoms. The van der Waals surface area contributed by atoms with Gasteiger partial charge in [0.05, 0.1) is 0 Å². The minimum absolute atomic E-state index is 0.125. The highest BCUT2D eigenvalue weighted by Gasteiger charge is 2.14. The molecule has 1 aromatic carbocycles. The van der Waals surface area contributed by atoms with E-state index >= 15 is 0 Å². The lowest BCUT2D eigenvalue weighted by molar-refractivity contribution is 0.507. The van der Waals surface area contributed by atoms with Gasteiger partial charge in [-0.25, -0.2) is 4.39 Å². The molecule has 0 saturated carbocycles. The molecule has 1 aromatic rings. The number of rotatable bonds is 6. The van der Waals surface area contributed by atoms with Gasteiger partial charge in [0.25, 0.3) is 0 Å². The van der Waals surface area contributed by atoms with Gasteiger partial charge < -0.3 is 11.1 Å². The second-order valence-corrected chi connectivity index (χ2v) is 5.83. The van der Waals surface area contributed by atoms with Crippen molar-refractivity contribution in [3.05, 3.63) is 45.7 Å². The van der Waals surface area contributed by atoms with E-state index < -0.39 is 0 Å². The summed E-state index contributed by atoms with van der Waals surface area (Å²) in [5.41, 5.74) is 7.91. The highest BCUT2D eigenvalue weighted by molar-refractivity contribution is 9.10. The van der Waals surface area contributed by atoms with Crippen molar-refractivity contribution in [1.29, 1.82) is 0 Å². The number of allylic oxidation sites excluding steroid dienone is 1. The van der Waals surface area contributed by atoms with Crippen molar-refractivity contribution in [2.75, 3.05) is 13.1 Å². The molecule has 1 atom stereocenters. The van der Waals surface area contributed by atoms with Gasteiger partial charge in [0.1, 0.15) is 5.82 Å². The van der Waals surface area contributed by atoms with Gasteiger partial charge in [-0.3, -0.25) is 0 Å². The number of hydrogen-bond acceptors (Lipinski definition) is 2. The topological polar surface area (TPSA) is 38.0 Å². The van der Waals surface area contributed by atoms with Crippen LogP contribution in [0.4, 0.5) is 4.39 Å². The highest BCUT2D eigenvalue weighted by atomic mass is 79.9. The zero-order valence-electron chi connectivity index (χ0n) is 11.0. The van der Waals surface area contributed by atoms with Crippen molar-refractivity contribution in [1.82, 2.24) is 5.32 Å². The maximum atomic E-state index is 13.8. The maximum Gasteiger partial charge on any atom is 0.128 e. The molecule has 0 aromatic heterocycles. The van der Waals surface area contributed by atoms with E-state index in [1.807, 2.05) is 0 Å². The van der Waals surface area contributed by atoms with Crippen molar-refractivity contribution in [2.24, 2.45) is 5.73 Å². The number of nitrogens with two attached hydrogens (primary N) is 1. The van der Waals surface area contributed by atoms with E-state index in [4.69, 9.17) is 5.73 Å². The van der Waals surface area contributed by atoms with E-state index in [0.717, 1.165) is 17.4 Å². The minimum Gasteiger partial charge on any atom is -0.329 e. The molecule has 0 radical (unpaired) electrons. The van der Waals surface area contributed by atoms with E-state index in [-0.39, 0.29) is 11.9 Å². The van der Waals surface area contributed by atoms with Gasteiger partial charge >= 0.3 is 0 Å². The monoisotopic (exact) mass is 326 g/mol. The van der Waals surface area contributed by atoms with Gasteiger partial charge in [-0.05, 0) is 50.4 Å². The molecule has 0 amide bonds. The van der Waals surface area contributed by atoms with Gasteiger partial charge in [-0.2, -0.15) is 0 Å². The van der Waals surface area contributed by atoms with Crippen LogP contribution in [0.3, 0.4) is 0 Å². The summed E-state index contributed by atoms with van der Waals surface area (Å²) in [6, 6.07) is 4.85. The molecule has 0 heterocycles. The van der Waals surface area contributed by atoms with Crippen LogP contribution < -0.4 is 11.1 Å². The molecule has 0 fully saturated rings. The number of nitrogens with one attached hydrogen (secondary N) is 1. The lowest BCUT2D eigenvalue weighted by Crippen LogP contribution is -2.30. The van der Waals surface area contributed by atoms with Crippen LogP contribution in [0.5, 0.6) is 0 Å². The van der Waals surface area contributed by atoms with E-state index in [0.29, 0.717) is 12.1 Å². The summed E-state index contributed by atoms with van der Waals surface area (Å²) in [4.78, 5) is 0. The van der Waals surface area contributed by atoms with Crippen molar-refractivity contribution in [3.8, 4) is 0 Å². The average molecular weight is 327 g/mol. The maximum absolute atomic E-state index is 13.8. The standard InChI is InChI=1S/C15H20BrFN2/c16-12-5-6-14(17)13(9-12)15(10-18)19-8-7-11-3-1-2-4-11/h3,5-6,9,15,19H,1-2,4,7-8,10,18H2. The van der Waals surface area contributed by atoms with Gasteiger partial charge in [-0.1, -0.05) is 27.6 Å². The highest BCUT2D eigenvalue weighted by Crippen LogP contribution is 2.23. The second kappa shape index (κ2) is 7.17. The van der Waals surface area contributed by atoms with Crippen LogP contribution in [-0.2, 0) is 0 Å². The molecule has 0 saturated heterocycles. The summed E-state index contributed by atoms with van der Waals surface area (Å²) in [6.45, 7) is 1.24. The van der Waals surface area contributed by atoms with Crippen LogP contribution in [0.2, 0.25) is 0 Å². The molecule has 104 valence electrons. The van der Waals surface area contributed by atoms with Gasteiger partial charge in [0, 0.05) is 22.6 Å². The third-order valence-corrected chi connectivity index (χ3v) is 4.03. The van der Waals surface area contributed by atoms with Crippen LogP contribution >= 0.6 is 15.9 Å². The lowest BCUT2D eigenvalue weighted by atomic mass is 10.1. The normalized spacial score (nSPS) is 16.5. The Morgan fingerprint density at radius 2 is 2.26 bits per heavy atom. The SMILES string of the molecule is NCC(NCCC1=CCCC1)c1cc(Br)ccc1F. The van der Waals surface area contributed by atoms with Crippen LogP contribution in [0.25, 0.3) is 0 Å². The minimum atomic E-state index is -0.203. The summed E-state index contributed by atoms with van der Waals surface area (Å²) >= 11 is 3.37. The first-order valence-electron chi connectivity index (χ1n) is 6.77. The fourth-order valence-corrected chi connectivity index (χ4v) is 2.85. The van der Waals surface area contributed by atoms with Gasteiger partial charge in [-0.15, -0.1) is 0 Å². The smallest absolute Gasteiger partial charge is 0.128 e. The van der Waals surface area contributed by atoms with Gasteiger partial charge in [0.2, 0.25) is 0 Å². The first-order chi connectivity index (χ1) is 9.20. The quantitative estimate of drug-likeness (QED) is 0.782. The number of hydrogen-bond donors (Lipinski definition) is 2. The number of benzene rings is 1. The predicted molar refractivity (Wildman–Crippen MR) is 80.4 cm³/mol. The molecule has 1 unspecified atom stereocenters. The Labute approximate surface area is 122 Å². The zero-order valence-corrected chi connectivity index (χ0v) is 12.5. The molecule has 1 aliphatic carbocycles. The molecule has 1 aliphatic rings. The Kier molecular flexibility index (Phi) is 5.55. The molecule has 3 N–H and O–H groups in total. The molecular weight excluding hydrogens is 307 g/mol. The molecule has 4 heteroatoms. The Bertz CT molecular complexity index is 459. The molecule has 19 heavy (non-hydrogen) atoms. The van der Waals surface area contributed by atoms with E-state index in [2.05, 4.69) is 27.3 Å². The average Bonchev–Trinajstić information content (AvgIpc) is 2.91. The third-order valence-electron chi connectivity index (χ3n) is 3.54. The van der Waals surface area contributed by atoms with Crippen molar-refractivity contribution in [3.63, 3.8) is 0 Å². The van der Waals surface area contributed by atoms with Crippen LogP contribution in [0.15, 0.2) is 34.3 Å². The Morgan fingerprint density at radius 3 is 2.95 bits per heavy atom. The Balaban J connectivity index is 1.93. The van der Waals surface area contributed by atoms with Crippen molar-refractivity contribution >= 4 is 15.9 Å². The largest absolute Gasteiger partial charge is 0.329 e. The molecule has 0 bridgehead atoms. The lowest BCUT2D eigenvalue weighted by Gasteiger charge is -2.18. The molecule has 0 aliphatic heterocycles. The summed E-state index contributed by atoms with van der Waals surface area (Å²) in [5, 5.41) is 3.35. The zero-order chi connectivity index (χ0) is 13.7. The summed E-state index contributed by atoms with van der Waals surface area (Å²) in [7, 11) is 0. The Hall–Kier alpha value is -0.710. The molecule has 2 rings (SSSR count). The Morgan fingerprint density at radius 1 is 1.42 bits per heavy atom. The van der Waals surface area contributed by atoms with E-state index in [9.17, 15) is 4.39 Å².